The van der Waals surface area contributed by atoms with Crippen molar-refractivity contribution in [1.29, 1.82) is 0 Å². The first kappa shape index (κ1) is 13.7. The lowest BCUT2D eigenvalue weighted by Gasteiger charge is -2.08. The zero-order valence-electron chi connectivity index (χ0n) is 10.9. The number of nitrogens with one attached hydrogen (secondary N) is 1. The normalized spacial score (nSPS) is 10.9. The van der Waals surface area contributed by atoms with E-state index in [0.717, 1.165) is 4.90 Å². The topological polar surface area (TPSA) is 66.0 Å². The van der Waals surface area contributed by atoms with E-state index in [0.29, 0.717) is 17.1 Å². The van der Waals surface area contributed by atoms with Gasteiger partial charge in [-0.25, -0.2) is 0 Å². The highest BCUT2D eigenvalue weighted by Gasteiger charge is 2.13. The van der Waals surface area contributed by atoms with Gasteiger partial charge < -0.3 is 10.1 Å². The summed E-state index contributed by atoms with van der Waals surface area (Å²) < 4.78 is 0. The molecule has 0 aliphatic rings. The summed E-state index contributed by atoms with van der Waals surface area (Å²) >= 11 is 1.56. The third-order valence-corrected chi connectivity index (χ3v) is 3.70. The Morgan fingerprint density at radius 2 is 2.00 bits per heavy atom. The first-order valence-corrected chi connectivity index (χ1v) is 7.06. The summed E-state index contributed by atoms with van der Waals surface area (Å²) in [6.07, 6.45) is 0. The zero-order chi connectivity index (χ0) is 13.8. The number of hydrogen-bond donors (Lipinski definition) is 2. The molecule has 0 saturated heterocycles. The van der Waals surface area contributed by atoms with Crippen molar-refractivity contribution in [1.82, 2.24) is 9.97 Å². The lowest BCUT2D eigenvalue weighted by atomic mass is 10.1. The molecule has 0 radical (unpaired) electrons. The molecular weight excluding hydrogens is 260 g/mol. The van der Waals surface area contributed by atoms with E-state index in [1.165, 1.54) is 0 Å². The minimum atomic E-state index is -0.258. The van der Waals surface area contributed by atoms with Crippen LogP contribution in [0.25, 0.3) is 0 Å². The number of H-pyrrole nitrogens is 1. The van der Waals surface area contributed by atoms with Crippen LogP contribution in [0.5, 0.6) is 5.88 Å². The average Bonchev–Trinajstić information content (AvgIpc) is 2.36. The van der Waals surface area contributed by atoms with Crippen LogP contribution in [0.4, 0.5) is 0 Å². The first-order valence-electron chi connectivity index (χ1n) is 6.08. The molecule has 0 aliphatic carbocycles. The minimum Gasteiger partial charge on any atom is -0.493 e. The molecule has 0 amide bonds. The number of rotatable bonds is 4. The summed E-state index contributed by atoms with van der Waals surface area (Å²) in [6, 6.07) is 9.85. The monoisotopic (exact) mass is 276 g/mol. The number of nitrogens with zero attached hydrogens (tertiary/aromatic N) is 1. The van der Waals surface area contributed by atoms with Crippen LogP contribution in [0.3, 0.4) is 0 Å². The molecule has 0 aliphatic heterocycles. The maximum atomic E-state index is 11.8. The van der Waals surface area contributed by atoms with Gasteiger partial charge in [-0.05, 0) is 18.1 Å². The summed E-state index contributed by atoms with van der Waals surface area (Å²) in [7, 11) is 0. The Bertz CT molecular complexity index is 609. The quantitative estimate of drug-likeness (QED) is 0.843. The fraction of sp³-hybridized carbons (Fsp3) is 0.286. The molecule has 0 saturated carbocycles. The molecule has 2 N–H and O–H groups in total. The van der Waals surface area contributed by atoms with Crippen LogP contribution in [0.2, 0.25) is 0 Å². The SMILES string of the molecule is CC(C)c1c(O)nc(CSc2ccccc2)[nH]c1=O. The van der Waals surface area contributed by atoms with Crippen LogP contribution < -0.4 is 5.56 Å². The fourth-order valence-electron chi connectivity index (χ4n) is 1.77. The molecule has 0 bridgehead atoms. The van der Waals surface area contributed by atoms with Gasteiger partial charge in [-0.2, -0.15) is 4.98 Å². The summed E-state index contributed by atoms with van der Waals surface area (Å²) in [5.74, 6) is 0.792. The van der Waals surface area contributed by atoms with E-state index in [2.05, 4.69) is 9.97 Å². The smallest absolute Gasteiger partial charge is 0.258 e. The summed E-state index contributed by atoms with van der Waals surface area (Å²) in [5, 5.41) is 9.80. The van der Waals surface area contributed by atoms with Crippen molar-refractivity contribution in [2.24, 2.45) is 0 Å². The second-order valence-corrected chi connectivity index (χ2v) is 5.56. The van der Waals surface area contributed by atoms with Crippen molar-refractivity contribution in [3.8, 4) is 5.88 Å². The Balaban J connectivity index is 2.17. The van der Waals surface area contributed by atoms with Gasteiger partial charge in [0.25, 0.3) is 5.56 Å². The summed E-state index contributed by atoms with van der Waals surface area (Å²) in [6.45, 7) is 3.70. The maximum Gasteiger partial charge on any atom is 0.258 e. The predicted molar refractivity (Wildman–Crippen MR) is 76.6 cm³/mol. The van der Waals surface area contributed by atoms with Crippen molar-refractivity contribution >= 4 is 11.8 Å². The highest BCUT2D eigenvalue weighted by molar-refractivity contribution is 7.98. The van der Waals surface area contributed by atoms with Crippen molar-refractivity contribution < 1.29 is 5.11 Å². The summed E-state index contributed by atoms with van der Waals surface area (Å²) in [5.41, 5.74) is 0.0830. The van der Waals surface area contributed by atoms with Crippen LogP contribution in [-0.4, -0.2) is 15.1 Å². The van der Waals surface area contributed by atoms with Crippen molar-refractivity contribution in [3.63, 3.8) is 0 Å². The first-order chi connectivity index (χ1) is 9.08. The molecule has 0 unspecified atom stereocenters. The molecule has 0 fully saturated rings. The number of thioether (sulfide) groups is 1. The van der Waals surface area contributed by atoms with E-state index in [-0.39, 0.29) is 17.4 Å². The Morgan fingerprint density at radius 3 is 2.58 bits per heavy atom. The van der Waals surface area contributed by atoms with E-state index < -0.39 is 0 Å². The minimum absolute atomic E-state index is 0.0490. The zero-order valence-corrected chi connectivity index (χ0v) is 11.7. The molecule has 1 heterocycles. The molecule has 4 nitrogen and oxygen atoms in total. The highest BCUT2D eigenvalue weighted by Crippen LogP contribution is 2.23. The van der Waals surface area contributed by atoms with Crippen LogP contribution in [0.1, 0.15) is 31.2 Å². The predicted octanol–water partition coefficient (Wildman–Crippen LogP) is 2.89. The standard InChI is InChI=1S/C14H16N2O2S/c1-9(2)12-13(17)15-11(16-14(12)18)8-19-10-6-4-3-5-7-10/h3-7,9H,8H2,1-2H3,(H2,15,16,17,18). The largest absolute Gasteiger partial charge is 0.493 e. The molecule has 5 heteroatoms. The second kappa shape index (κ2) is 5.93. The van der Waals surface area contributed by atoms with Crippen molar-refractivity contribution in [2.75, 3.05) is 0 Å². The average molecular weight is 276 g/mol. The lowest BCUT2D eigenvalue weighted by Crippen LogP contribution is -2.17. The molecule has 2 aromatic rings. The van der Waals surface area contributed by atoms with Gasteiger partial charge in [0, 0.05) is 4.90 Å². The highest BCUT2D eigenvalue weighted by atomic mass is 32.2. The van der Waals surface area contributed by atoms with Gasteiger partial charge in [-0.1, -0.05) is 32.0 Å². The molecule has 100 valence electrons. The Labute approximate surface area is 115 Å². The van der Waals surface area contributed by atoms with E-state index in [4.69, 9.17) is 0 Å². The molecule has 19 heavy (non-hydrogen) atoms. The molecule has 0 atom stereocenters. The molecule has 1 aromatic heterocycles. The number of hydrogen-bond acceptors (Lipinski definition) is 4. The van der Waals surface area contributed by atoms with Gasteiger partial charge in [-0.15, -0.1) is 11.8 Å². The van der Waals surface area contributed by atoms with Gasteiger partial charge in [0.15, 0.2) is 0 Å². The van der Waals surface area contributed by atoms with E-state index in [1.807, 2.05) is 44.2 Å². The molecule has 0 spiro atoms. The number of benzene rings is 1. The van der Waals surface area contributed by atoms with E-state index in [9.17, 15) is 9.90 Å². The number of aromatic hydroxyl groups is 1. The van der Waals surface area contributed by atoms with E-state index in [1.54, 1.807) is 11.8 Å². The number of aromatic amines is 1. The molecular formula is C14H16N2O2S. The van der Waals surface area contributed by atoms with Crippen LogP contribution in [-0.2, 0) is 5.75 Å². The maximum absolute atomic E-state index is 11.8. The Hall–Kier alpha value is -1.75. The Kier molecular flexibility index (Phi) is 4.27. The van der Waals surface area contributed by atoms with Gasteiger partial charge in [0.2, 0.25) is 5.88 Å². The van der Waals surface area contributed by atoms with Gasteiger partial charge >= 0.3 is 0 Å². The third kappa shape index (κ3) is 3.38. The Morgan fingerprint density at radius 1 is 1.32 bits per heavy atom. The van der Waals surface area contributed by atoms with Crippen LogP contribution in [0, 0.1) is 0 Å². The van der Waals surface area contributed by atoms with Crippen LogP contribution in [0.15, 0.2) is 40.0 Å². The van der Waals surface area contributed by atoms with Crippen LogP contribution >= 0.6 is 11.8 Å². The van der Waals surface area contributed by atoms with Crippen molar-refractivity contribution in [3.05, 3.63) is 52.1 Å². The van der Waals surface area contributed by atoms with Crippen molar-refractivity contribution in [2.45, 2.75) is 30.4 Å². The number of aromatic nitrogens is 2. The van der Waals surface area contributed by atoms with Gasteiger partial charge in [-0.3, -0.25) is 4.79 Å². The molecule has 2 rings (SSSR count). The molecule has 1 aromatic carbocycles. The summed E-state index contributed by atoms with van der Waals surface area (Å²) in [4.78, 5) is 19.7. The lowest BCUT2D eigenvalue weighted by molar-refractivity contribution is 0.437. The van der Waals surface area contributed by atoms with Gasteiger partial charge in [0.1, 0.15) is 5.82 Å². The third-order valence-electron chi connectivity index (χ3n) is 2.68. The second-order valence-electron chi connectivity index (χ2n) is 4.51. The fourth-order valence-corrected chi connectivity index (χ4v) is 2.56. The van der Waals surface area contributed by atoms with Gasteiger partial charge in [0.05, 0.1) is 11.3 Å². The van der Waals surface area contributed by atoms with E-state index >= 15 is 0 Å².